The average molecular weight is 295 g/mol. The molecular weight excluding hydrogens is 282 g/mol. The summed E-state index contributed by atoms with van der Waals surface area (Å²) in [6, 6.07) is 9.42. The normalized spacial score (nSPS) is 10.8. The quantitative estimate of drug-likeness (QED) is 0.536. The Morgan fingerprint density at radius 3 is 2.68 bits per heavy atom. The summed E-state index contributed by atoms with van der Waals surface area (Å²) in [5, 5.41) is 12.7. The molecule has 0 bridgehead atoms. The Morgan fingerprint density at radius 2 is 1.91 bits per heavy atom. The average Bonchev–Trinajstić information content (AvgIpc) is 2.92. The highest BCUT2D eigenvalue weighted by molar-refractivity contribution is 6.05. The van der Waals surface area contributed by atoms with Crippen molar-refractivity contribution in [2.24, 2.45) is 0 Å². The summed E-state index contributed by atoms with van der Waals surface area (Å²) in [4.78, 5) is 16.1. The van der Waals surface area contributed by atoms with Gasteiger partial charge in [-0.15, -0.1) is 0 Å². The topological polar surface area (TPSA) is 126 Å². The van der Waals surface area contributed by atoms with E-state index in [2.05, 4.69) is 19.9 Å². The number of nitrogens with two attached hydrogens (primary N) is 1. The molecule has 0 spiro atoms. The molecule has 22 heavy (non-hydrogen) atoms. The van der Waals surface area contributed by atoms with Crippen molar-refractivity contribution in [2.45, 2.75) is 0 Å². The highest BCUT2D eigenvalue weighted by Gasteiger charge is 2.07. The van der Waals surface area contributed by atoms with Gasteiger partial charge in [0.2, 0.25) is 5.82 Å². The number of aromatic nitrogens is 4. The summed E-state index contributed by atoms with van der Waals surface area (Å²) in [6.45, 7) is 0. The van der Waals surface area contributed by atoms with Crippen molar-refractivity contribution in [1.82, 2.24) is 19.9 Å². The third-order valence-electron chi connectivity index (χ3n) is 3.46. The van der Waals surface area contributed by atoms with Crippen LogP contribution in [0, 0.1) is 5.21 Å². The van der Waals surface area contributed by atoms with Crippen LogP contribution in [-0.2, 0) is 0 Å². The van der Waals surface area contributed by atoms with Gasteiger partial charge in [-0.25, -0.2) is 9.97 Å². The van der Waals surface area contributed by atoms with E-state index in [9.17, 15) is 5.21 Å². The molecule has 0 atom stereocenters. The van der Waals surface area contributed by atoms with Crippen LogP contribution in [0.25, 0.3) is 33.2 Å². The van der Waals surface area contributed by atoms with Crippen molar-refractivity contribution < 1.29 is 11.0 Å². The lowest BCUT2D eigenvalue weighted by Crippen LogP contribution is -2.70. The van der Waals surface area contributed by atoms with Gasteiger partial charge in [0.05, 0.1) is 11.2 Å². The van der Waals surface area contributed by atoms with Crippen LogP contribution in [0.1, 0.15) is 0 Å². The summed E-state index contributed by atoms with van der Waals surface area (Å²) in [6.07, 6.45) is 5.23. The molecule has 4 aromatic rings. The van der Waals surface area contributed by atoms with E-state index >= 15 is 0 Å². The number of hydrogen-bond donors (Lipinski definition) is 2. The molecule has 0 aliphatic rings. The predicted octanol–water partition coefficient (Wildman–Crippen LogP) is 1.04. The molecule has 0 amide bonds. The van der Waals surface area contributed by atoms with Gasteiger partial charge in [0.25, 0.3) is 0 Å². The summed E-state index contributed by atoms with van der Waals surface area (Å²) in [5.74, 6) is 0.413. The van der Waals surface area contributed by atoms with Gasteiger partial charge in [0.1, 0.15) is 5.65 Å². The van der Waals surface area contributed by atoms with Crippen molar-refractivity contribution in [3.8, 4) is 11.3 Å². The van der Waals surface area contributed by atoms with Gasteiger partial charge in [-0.3, -0.25) is 4.98 Å². The zero-order chi connectivity index (χ0) is 14.2. The van der Waals surface area contributed by atoms with Crippen LogP contribution in [0.3, 0.4) is 0 Å². The maximum absolute atomic E-state index is 10.6. The number of hydrogen-bond acceptors (Lipinski definition) is 4. The second kappa shape index (κ2) is 5.49. The van der Waals surface area contributed by atoms with Gasteiger partial charge in [-0.1, -0.05) is 0 Å². The molecule has 0 aliphatic heterocycles. The van der Waals surface area contributed by atoms with Crippen LogP contribution >= 0.6 is 0 Å². The van der Waals surface area contributed by atoms with Crippen LogP contribution in [-0.4, -0.2) is 25.4 Å². The monoisotopic (exact) mass is 295 g/mol. The molecular formula is C15H13N5O2. The Kier molecular flexibility index (Phi) is 3.51. The highest BCUT2D eigenvalue weighted by atomic mass is 16.5. The second-order valence-corrected chi connectivity index (χ2v) is 4.73. The molecule has 0 fully saturated rings. The first-order valence-electron chi connectivity index (χ1n) is 6.49. The van der Waals surface area contributed by atoms with Crippen LogP contribution in [0.2, 0.25) is 0 Å². The van der Waals surface area contributed by atoms with Crippen molar-refractivity contribution in [3.05, 3.63) is 54.1 Å². The fourth-order valence-corrected chi connectivity index (χ4v) is 2.40. The van der Waals surface area contributed by atoms with Crippen LogP contribution < -0.4 is 5.48 Å². The smallest absolute Gasteiger partial charge is 0.224 e. The number of nitrogens with zero attached hydrogens (tertiary/aromatic N) is 3. The first kappa shape index (κ1) is 14.1. The Labute approximate surface area is 124 Å². The van der Waals surface area contributed by atoms with E-state index < -0.39 is 0 Å². The zero-order valence-electron chi connectivity index (χ0n) is 11.4. The fourth-order valence-electron chi connectivity index (χ4n) is 2.40. The highest BCUT2D eigenvalue weighted by Crippen LogP contribution is 2.26. The molecule has 0 unspecified atom stereocenters. The maximum atomic E-state index is 10.6. The Balaban J connectivity index is 0.00000144. The lowest BCUT2D eigenvalue weighted by atomic mass is 10.1. The molecule has 4 aromatic heterocycles. The molecule has 7 heteroatoms. The lowest BCUT2D eigenvalue weighted by Gasteiger charge is -2.03. The SMILES string of the molecule is O.[O-][NH2+]c1ccc(-c2ccc3c(n2)[nH]c2ccncc23)cn1. The minimum absolute atomic E-state index is 0. The minimum atomic E-state index is 0. The fraction of sp³-hybridized carbons (Fsp3) is 0. The molecule has 0 aliphatic carbocycles. The Hall–Kier alpha value is -2.87. The first-order chi connectivity index (χ1) is 10.3. The van der Waals surface area contributed by atoms with Gasteiger partial charge in [0.15, 0.2) is 0 Å². The largest absolute Gasteiger partial charge is 0.629 e. The van der Waals surface area contributed by atoms with Gasteiger partial charge in [-0.2, -0.15) is 0 Å². The Morgan fingerprint density at radius 1 is 1.00 bits per heavy atom. The van der Waals surface area contributed by atoms with Crippen molar-refractivity contribution in [1.29, 1.82) is 0 Å². The molecule has 7 nitrogen and oxygen atoms in total. The van der Waals surface area contributed by atoms with Gasteiger partial charge >= 0.3 is 0 Å². The van der Waals surface area contributed by atoms with Gasteiger partial charge in [-0.05, 0) is 24.3 Å². The first-order valence-corrected chi connectivity index (χ1v) is 6.49. The molecule has 4 heterocycles. The van der Waals surface area contributed by atoms with E-state index in [-0.39, 0.29) is 5.48 Å². The molecule has 110 valence electrons. The number of aromatic amines is 1. The van der Waals surface area contributed by atoms with Gasteiger partial charge in [0, 0.05) is 41.0 Å². The number of quaternary nitrogens is 1. The Bertz CT molecular complexity index is 934. The number of nitrogens with one attached hydrogen (secondary N) is 1. The van der Waals surface area contributed by atoms with Crippen LogP contribution in [0.4, 0.5) is 5.82 Å². The number of fused-ring (bicyclic) bond motifs is 3. The third-order valence-corrected chi connectivity index (χ3v) is 3.46. The number of pyridine rings is 3. The third kappa shape index (κ3) is 2.19. The number of H-pyrrole nitrogens is 1. The lowest BCUT2D eigenvalue weighted by molar-refractivity contribution is -0.501. The van der Waals surface area contributed by atoms with Crippen LogP contribution in [0.15, 0.2) is 48.9 Å². The minimum Gasteiger partial charge on any atom is -0.629 e. The van der Waals surface area contributed by atoms with E-state index in [1.807, 2.05) is 30.5 Å². The van der Waals surface area contributed by atoms with Crippen LogP contribution in [0.5, 0.6) is 0 Å². The van der Waals surface area contributed by atoms with Crippen molar-refractivity contribution in [2.75, 3.05) is 0 Å². The zero-order valence-corrected chi connectivity index (χ0v) is 11.4. The van der Waals surface area contributed by atoms with E-state index in [1.165, 1.54) is 0 Å². The predicted molar refractivity (Wildman–Crippen MR) is 83.2 cm³/mol. The molecule has 4 rings (SSSR count). The molecule has 0 aromatic carbocycles. The molecule has 0 saturated carbocycles. The standard InChI is InChI=1S/C15H11N5O.H2O/c21-20-14-4-1-9(7-17-14)12-3-2-10-11-8-16-6-5-13(11)19-15(10)18-12;/h1-8H,20H2,(H,18,19);1H2. The summed E-state index contributed by atoms with van der Waals surface area (Å²) < 4.78 is 0. The van der Waals surface area contributed by atoms with E-state index in [0.29, 0.717) is 5.82 Å². The van der Waals surface area contributed by atoms with Gasteiger partial charge < -0.3 is 21.1 Å². The summed E-state index contributed by atoms with van der Waals surface area (Å²) >= 11 is 0. The second-order valence-electron chi connectivity index (χ2n) is 4.73. The molecule has 0 radical (unpaired) electrons. The maximum Gasteiger partial charge on any atom is 0.224 e. The number of rotatable bonds is 2. The van der Waals surface area contributed by atoms with E-state index in [4.69, 9.17) is 0 Å². The van der Waals surface area contributed by atoms with E-state index in [1.54, 1.807) is 18.5 Å². The molecule has 5 N–H and O–H groups in total. The van der Waals surface area contributed by atoms with Crippen molar-refractivity contribution >= 4 is 27.8 Å². The van der Waals surface area contributed by atoms with Crippen molar-refractivity contribution in [3.63, 3.8) is 0 Å². The summed E-state index contributed by atoms with van der Waals surface area (Å²) in [7, 11) is 0. The summed E-state index contributed by atoms with van der Waals surface area (Å²) in [5.41, 5.74) is 4.24. The molecule has 0 saturated heterocycles. The van der Waals surface area contributed by atoms with E-state index in [0.717, 1.165) is 38.7 Å².